The van der Waals surface area contributed by atoms with Crippen LogP contribution in [0.1, 0.15) is 29.7 Å². The van der Waals surface area contributed by atoms with Crippen LogP contribution in [0.15, 0.2) is 66.7 Å². The van der Waals surface area contributed by atoms with E-state index in [0.717, 1.165) is 11.1 Å². The van der Waals surface area contributed by atoms with Gasteiger partial charge in [-0.1, -0.05) is 42.5 Å². The van der Waals surface area contributed by atoms with Crippen LogP contribution in [0.5, 0.6) is 17.2 Å². The van der Waals surface area contributed by atoms with Gasteiger partial charge in [0, 0.05) is 11.6 Å². The van der Waals surface area contributed by atoms with Crippen molar-refractivity contribution in [2.24, 2.45) is 0 Å². The molecule has 0 bridgehead atoms. The third-order valence-electron chi connectivity index (χ3n) is 5.42. The van der Waals surface area contributed by atoms with E-state index >= 15 is 0 Å². The summed E-state index contributed by atoms with van der Waals surface area (Å²) in [6.07, 6.45) is 0. The number of aromatic hydroxyl groups is 1. The highest BCUT2D eigenvalue weighted by Crippen LogP contribution is 2.44. The Morgan fingerprint density at radius 3 is 2.47 bits per heavy atom. The molecule has 3 N–H and O–H groups in total. The molecule has 0 radical (unpaired) electrons. The van der Waals surface area contributed by atoms with Gasteiger partial charge >= 0.3 is 11.7 Å². The molecule has 4 rings (SSSR count). The zero-order valence-corrected chi connectivity index (χ0v) is 18.6. The smallest absolute Gasteiger partial charge is 0.320 e. The zero-order valence-electron chi connectivity index (χ0n) is 18.6. The van der Waals surface area contributed by atoms with Gasteiger partial charge in [0.15, 0.2) is 5.75 Å². The highest BCUT2D eigenvalue weighted by Gasteiger charge is 2.33. The normalized spacial score (nSPS) is 15.4. The number of phenolic OH excluding ortho intramolecular Hbond substituents is 1. The first-order valence-electron chi connectivity index (χ1n) is 10.6. The SMILES string of the molecule is CCOc1cc(C2NC(=O)NC(c3ccccc3)=C2c2cccc(OC)c2)cc([N+](=O)[O-])c1O. The minimum absolute atomic E-state index is 0.0364. The van der Waals surface area contributed by atoms with Gasteiger partial charge in [0.05, 0.1) is 30.4 Å². The molecule has 0 fully saturated rings. The summed E-state index contributed by atoms with van der Waals surface area (Å²) >= 11 is 0. The van der Waals surface area contributed by atoms with Crippen LogP contribution in [0, 0.1) is 10.1 Å². The van der Waals surface area contributed by atoms with Crippen LogP contribution in [-0.4, -0.2) is 29.8 Å². The first-order valence-corrected chi connectivity index (χ1v) is 10.6. The fraction of sp³-hybridized carbons (Fsp3) is 0.160. The number of methoxy groups -OCH3 is 1. The molecule has 0 saturated carbocycles. The van der Waals surface area contributed by atoms with Crippen molar-refractivity contribution in [2.75, 3.05) is 13.7 Å². The van der Waals surface area contributed by atoms with Crippen molar-refractivity contribution in [3.05, 3.63) is 93.5 Å². The molecule has 3 aromatic carbocycles. The molecule has 1 heterocycles. The summed E-state index contributed by atoms with van der Waals surface area (Å²) in [5.74, 6) is 0.0107. The van der Waals surface area contributed by atoms with Crippen LogP contribution in [0.2, 0.25) is 0 Å². The third kappa shape index (κ3) is 4.36. The number of benzene rings is 3. The van der Waals surface area contributed by atoms with E-state index in [1.807, 2.05) is 48.5 Å². The lowest BCUT2D eigenvalue weighted by Gasteiger charge is -2.31. The number of nitrogens with zero attached hydrogens (tertiary/aromatic N) is 1. The maximum Gasteiger partial charge on any atom is 0.320 e. The summed E-state index contributed by atoms with van der Waals surface area (Å²) in [6.45, 7) is 1.90. The number of carbonyl (C=O) groups excluding carboxylic acids is 1. The molecule has 0 spiro atoms. The number of nitro benzene ring substituents is 1. The molecule has 0 aliphatic carbocycles. The molecule has 1 unspecified atom stereocenters. The Morgan fingerprint density at radius 2 is 1.79 bits per heavy atom. The van der Waals surface area contributed by atoms with E-state index in [0.29, 0.717) is 22.6 Å². The van der Waals surface area contributed by atoms with E-state index in [2.05, 4.69) is 10.6 Å². The molecule has 9 nitrogen and oxygen atoms in total. The number of hydrogen-bond donors (Lipinski definition) is 3. The number of rotatable bonds is 7. The van der Waals surface area contributed by atoms with Crippen LogP contribution in [-0.2, 0) is 0 Å². The molecular formula is C25H23N3O6. The van der Waals surface area contributed by atoms with Crippen molar-refractivity contribution in [3.8, 4) is 17.2 Å². The van der Waals surface area contributed by atoms with Crippen molar-refractivity contribution in [2.45, 2.75) is 13.0 Å². The van der Waals surface area contributed by atoms with Crippen LogP contribution < -0.4 is 20.1 Å². The van der Waals surface area contributed by atoms with Crippen LogP contribution in [0.3, 0.4) is 0 Å². The lowest BCUT2D eigenvalue weighted by Crippen LogP contribution is -2.43. The molecule has 2 amide bonds. The Kier molecular flexibility index (Phi) is 6.35. The van der Waals surface area contributed by atoms with Crippen LogP contribution in [0.4, 0.5) is 10.5 Å². The second-order valence-electron chi connectivity index (χ2n) is 7.50. The molecule has 1 atom stereocenters. The standard InChI is InChI=1S/C25H23N3O6/c1-3-34-20-14-17(13-19(24(20)29)28(31)32)23-21(16-10-7-11-18(12-16)33-2)22(26-25(30)27-23)15-8-5-4-6-9-15/h4-14,23,29H,3H2,1-2H3,(H2,26,27,30). The lowest BCUT2D eigenvalue weighted by atomic mass is 9.87. The number of hydrogen-bond acceptors (Lipinski definition) is 6. The van der Waals surface area contributed by atoms with Gasteiger partial charge in [0.1, 0.15) is 5.75 Å². The lowest BCUT2D eigenvalue weighted by molar-refractivity contribution is -0.386. The summed E-state index contributed by atoms with van der Waals surface area (Å²) in [5, 5.41) is 27.8. The quantitative estimate of drug-likeness (QED) is 0.348. The van der Waals surface area contributed by atoms with Crippen molar-refractivity contribution >= 4 is 23.0 Å². The van der Waals surface area contributed by atoms with E-state index in [1.165, 1.54) is 12.1 Å². The Bertz CT molecular complexity index is 1270. The van der Waals surface area contributed by atoms with E-state index < -0.39 is 28.4 Å². The third-order valence-corrected chi connectivity index (χ3v) is 5.42. The van der Waals surface area contributed by atoms with E-state index in [4.69, 9.17) is 9.47 Å². The van der Waals surface area contributed by atoms with Crippen molar-refractivity contribution in [1.29, 1.82) is 0 Å². The summed E-state index contributed by atoms with van der Waals surface area (Å²) in [5.41, 5.74) is 2.60. The Balaban J connectivity index is 2.00. The molecule has 3 aromatic rings. The monoisotopic (exact) mass is 461 g/mol. The number of carbonyl (C=O) groups is 1. The fourth-order valence-corrected chi connectivity index (χ4v) is 3.93. The molecule has 9 heteroatoms. The van der Waals surface area contributed by atoms with Crippen molar-refractivity contribution < 1.29 is 24.3 Å². The summed E-state index contributed by atoms with van der Waals surface area (Å²) in [7, 11) is 1.56. The molecule has 1 aliphatic heterocycles. The average molecular weight is 461 g/mol. The van der Waals surface area contributed by atoms with E-state index in [9.17, 15) is 20.0 Å². The van der Waals surface area contributed by atoms with E-state index in [1.54, 1.807) is 20.1 Å². The van der Waals surface area contributed by atoms with Gasteiger partial charge in [0.2, 0.25) is 5.75 Å². The van der Waals surface area contributed by atoms with Crippen molar-refractivity contribution in [3.63, 3.8) is 0 Å². The number of nitrogens with one attached hydrogen (secondary N) is 2. The average Bonchev–Trinajstić information content (AvgIpc) is 2.85. The minimum atomic E-state index is -0.783. The minimum Gasteiger partial charge on any atom is -0.500 e. The first-order chi connectivity index (χ1) is 16.4. The van der Waals surface area contributed by atoms with Gasteiger partial charge in [-0.3, -0.25) is 10.1 Å². The highest BCUT2D eigenvalue weighted by molar-refractivity contribution is 6.03. The van der Waals surface area contributed by atoms with Gasteiger partial charge in [-0.25, -0.2) is 4.79 Å². The number of nitro groups is 1. The Morgan fingerprint density at radius 1 is 1.06 bits per heavy atom. The Labute approximate surface area is 195 Å². The highest BCUT2D eigenvalue weighted by atomic mass is 16.6. The predicted molar refractivity (Wildman–Crippen MR) is 127 cm³/mol. The summed E-state index contributed by atoms with van der Waals surface area (Å²) < 4.78 is 10.8. The number of ether oxygens (including phenoxy) is 2. The maximum atomic E-state index is 12.7. The molecule has 0 aromatic heterocycles. The summed E-state index contributed by atoms with van der Waals surface area (Å²) in [4.78, 5) is 23.7. The van der Waals surface area contributed by atoms with Gasteiger partial charge in [-0.05, 0) is 41.8 Å². The molecule has 0 saturated heterocycles. The molecule has 1 aliphatic rings. The van der Waals surface area contributed by atoms with Crippen molar-refractivity contribution in [1.82, 2.24) is 10.6 Å². The van der Waals surface area contributed by atoms with E-state index in [-0.39, 0.29) is 12.4 Å². The molecule has 174 valence electrons. The largest absolute Gasteiger partial charge is 0.500 e. The second-order valence-corrected chi connectivity index (χ2v) is 7.50. The first kappa shape index (κ1) is 22.7. The molecular weight excluding hydrogens is 438 g/mol. The van der Waals surface area contributed by atoms with Gasteiger partial charge in [-0.15, -0.1) is 0 Å². The van der Waals surface area contributed by atoms with Gasteiger partial charge in [-0.2, -0.15) is 0 Å². The second kappa shape index (κ2) is 9.53. The zero-order chi connectivity index (χ0) is 24.2. The number of urea groups is 1. The summed E-state index contributed by atoms with van der Waals surface area (Å²) in [6, 6.07) is 18.1. The van der Waals surface area contributed by atoms with Gasteiger partial charge < -0.3 is 25.2 Å². The number of amides is 2. The van der Waals surface area contributed by atoms with Gasteiger partial charge in [0.25, 0.3) is 0 Å². The predicted octanol–water partition coefficient (Wildman–Crippen LogP) is 4.63. The maximum absolute atomic E-state index is 12.7. The Hall–Kier alpha value is -4.53. The number of phenols is 1. The fourth-order valence-electron chi connectivity index (χ4n) is 3.93. The topological polar surface area (TPSA) is 123 Å². The van der Waals surface area contributed by atoms with Crippen LogP contribution >= 0.6 is 0 Å². The molecule has 34 heavy (non-hydrogen) atoms. The van der Waals surface area contributed by atoms with Crippen LogP contribution in [0.25, 0.3) is 11.3 Å².